The van der Waals surface area contributed by atoms with Gasteiger partial charge in [0.2, 0.25) is 0 Å². The zero-order chi connectivity index (χ0) is 12.3. The average molecular weight is 233 g/mol. The van der Waals surface area contributed by atoms with Gasteiger partial charge in [0.1, 0.15) is 0 Å². The van der Waals surface area contributed by atoms with E-state index in [1.807, 2.05) is 19.1 Å². The second kappa shape index (κ2) is 5.21. The molecule has 0 aliphatic heterocycles. The van der Waals surface area contributed by atoms with Crippen molar-refractivity contribution in [1.29, 1.82) is 0 Å². The predicted molar refractivity (Wildman–Crippen MR) is 68.6 cm³/mol. The summed E-state index contributed by atoms with van der Waals surface area (Å²) in [5, 5.41) is 12.3. The first-order valence-corrected chi connectivity index (χ1v) is 6.24. The number of carbonyl (C=O) groups is 1. The maximum absolute atomic E-state index is 10.9. The maximum atomic E-state index is 10.9. The van der Waals surface area contributed by atoms with Crippen LogP contribution >= 0.6 is 0 Å². The molecule has 2 rings (SSSR count). The number of aryl methyl sites for hydroxylation is 1. The molecule has 0 unspecified atom stereocenters. The summed E-state index contributed by atoms with van der Waals surface area (Å²) in [5.41, 5.74) is 2.23. The standard InChI is InChI=1S/C14H19NO2/c1-10-8-12(6-7-13(10)14(16)17)15-9-11-4-2-3-5-11/h6-8,11,15H,2-5,9H2,1H3,(H,16,17). The lowest BCUT2D eigenvalue weighted by Gasteiger charge is -2.12. The van der Waals surface area contributed by atoms with Gasteiger partial charge < -0.3 is 10.4 Å². The molecule has 3 nitrogen and oxygen atoms in total. The summed E-state index contributed by atoms with van der Waals surface area (Å²) < 4.78 is 0. The van der Waals surface area contributed by atoms with E-state index in [1.165, 1.54) is 25.7 Å². The highest BCUT2D eigenvalue weighted by atomic mass is 16.4. The molecule has 0 amide bonds. The highest BCUT2D eigenvalue weighted by Crippen LogP contribution is 2.25. The molecule has 1 aliphatic rings. The topological polar surface area (TPSA) is 49.3 Å². The zero-order valence-corrected chi connectivity index (χ0v) is 10.2. The summed E-state index contributed by atoms with van der Waals surface area (Å²) in [6.07, 6.45) is 5.34. The molecule has 2 N–H and O–H groups in total. The van der Waals surface area contributed by atoms with E-state index in [0.717, 1.165) is 23.7 Å². The van der Waals surface area contributed by atoms with Crippen molar-refractivity contribution in [3.63, 3.8) is 0 Å². The molecule has 1 saturated carbocycles. The van der Waals surface area contributed by atoms with E-state index in [0.29, 0.717) is 5.56 Å². The van der Waals surface area contributed by atoms with Crippen LogP contribution in [0.2, 0.25) is 0 Å². The van der Waals surface area contributed by atoms with Crippen molar-refractivity contribution in [2.75, 3.05) is 11.9 Å². The first-order chi connectivity index (χ1) is 8.16. The van der Waals surface area contributed by atoms with E-state index in [-0.39, 0.29) is 0 Å². The van der Waals surface area contributed by atoms with E-state index in [1.54, 1.807) is 6.07 Å². The molecule has 0 saturated heterocycles. The Hall–Kier alpha value is -1.51. The Morgan fingerprint density at radius 3 is 2.71 bits per heavy atom. The minimum atomic E-state index is -0.857. The number of aromatic carboxylic acids is 1. The number of nitrogens with one attached hydrogen (secondary N) is 1. The van der Waals surface area contributed by atoms with Gasteiger partial charge in [0.05, 0.1) is 5.56 Å². The largest absolute Gasteiger partial charge is 0.478 e. The van der Waals surface area contributed by atoms with Crippen molar-refractivity contribution in [2.24, 2.45) is 5.92 Å². The van der Waals surface area contributed by atoms with Crippen LogP contribution in [-0.4, -0.2) is 17.6 Å². The van der Waals surface area contributed by atoms with E-state index < -0.39 is 5.97 Å². The molecule has 1 fully saturated rings. The van der Waals surface area contributed by atoms with Gasteiger partial charge in [-0.15, -0.1) is 0 Å². The quantitative estimate of drug-likeness (QED) is 0.839. The lowest BCUT2D eigenvalue weighted by molar-refractivity contribution is 0.0696. The minimum absolute atomic E-state index is 0.386. The summed E-state index contributed by atoms with van der Waals surface area (Å²) in [6, 6.07) is 5.44. The van der Waals surface area contributed by atoms with Gasteiger partial charge in [0, 0.05) is 12.2 Å². The number of carboxylic acid groups (broad SMARTS) is 1. The van der Waals surface area contributed by atoms with Crippen LogP contribution in [0.3, 0.4) is 0 Å². The highest BCUT2D eigenvalue weighted by Gasteiger charge is 2.14. The molecular formula is C14H19NO2. The number of benzene rings is 1. The molecule has 0 spiro atoms. The van der Waals surface area contributed by atoms with Crippen molar-refractivity contribution < 1.29 is 9.90 Å². The second-order valence-electron chi connectivity index (χ2n) is 4.87. The predicted octanol–water partition coefficient (Wildman–Crippen LogP) is 3.30. The minimum Gasteiger partial charge on any atom is -0.478 e. The fourth-order valence-corrected chi connectivity index (χ4v) is 2.49. The van der Waals surface area contributed by atoms with Gasteiger partial charge in [-0.05, 0) is 49.4 Å². The Morgan fingerprint density at radius 1 is 1.41 bits per heavy atom. The zero-order valence-electron chi connectivity index (χ0n) is 10.2. The number of hydrogen-bond acceptors (Lipinski definition) is 2. The van der Waals surface area contributed by atoms with Crippen LogP contribution in [0.4, 0.5) is 5.69 Å². The van der Waals surface area contributed by atoms with Crippen molar-refractivity contribution >= 4 is 11.7 Å². The number of anilines is 1. The number of carboxylic acids is 1. The van der Waals surface area contributed by atoms with Crippen LogP contribution < -0.4 is 5.32 Å². The molecule has 0 heterocycles. The monoisotopic (exact) mass is 233 g/mol. The van der Waals surface area contributed by atoms with Crippen molar-refractivity contribution in [1.82, 2.24) is 0 Å². The van der Waals surface area contributed by atoms with Crippen LogP contribution in [0, 0.1) is 12.8 Å². The summed E-state index contributed by atoms with van der Waals surface area (Å²) >= 11 is 0. The third-order valence-electron chi connectivity index (χ3n) is 3.53. The van der Waals surface area contributed by atoms with Crippen LogP contribution in [0.1, 0.15) is 41.6 Å². The third kappa shape index (κ3) is 2.99. The molecule has 17 heavy (non-hydrogen) atoms. The maximum Gasteiger partial charge on any atom is 0.335 e. The van der Waals surface area contributed by atoms with Gasteiger partial charge >= 0.3 is 5.97 Å². The number of rotatable bonds is 4. The molecule has 0 bridgehead atoms. The Bertz CT molecular complexity index is 409. The van der Waals surface area contributed by atoms with Gasteiger partial charge in [0.15, 0.2) is 0 Å². The average Bonchev–Trinajstić information content (AvgIpc) is 2.78. The van der Waals surface area contributed by atoms with Gasteiger partial charge in [-0.2, -0.15) is 0 Å². The Morgan fingerprint density at radius 2 is 2.12 bits per heavy atom. The lowest BCUT2D eigenvalue weighted by Crippen LogP contribution is -2.11. The summed E-state index contributed by atoms with van der Waals surface area (Å²) in [4.78, 5) is 10.9. The smallest absolute Gasteiger partial charge is 0.335 e. The van der Waals surface area contributed by atoms with Crippen molar-refractivity contribution in [3.8, 4) is 0 Å². The second-order valence-corrected chi connectivity index (χ2v) is 4.87. The molecule has 0 radical (unpaired) electrons. The fraction of sp³-hybridized carbons (Fsp3) is 0.500. The lowest BCUT2D eigenvalue weighted by atomic mass is 10.1. The molecule has 92 valence electrons. The Kier molecular flexibility index (Phi) is 3.67. The summed E-state index contributed by atoms with van der Waals surface area (Å²) in [6.45, 7) is 2.84. The first kappa shape index (κ1) is 12.0. The Balaban J connectivity index is 1.97. The van der Waals surface area contributed by atoms with Crippen LogP contribution in [-0.2, 0) is 0 Å². The highest BCUT2D eigenvalue weighted by molar-refractivity contribution is 5.89. The van der Waals surface area contributed by atoms with Crippen LogP contribution in [0.25, 0.3) is 0 Å². The summed E-state index contributed by atoms with van der Waals surface area (Å²) in [7, 11) is 0. The SMILES string of the molecule is Cc1cc(NCC2CCCC2)ccc1C(=O)O. The molecule has 1 aromatic rings. The molecular weight excluding hydrogens is 214 g/mol. The third-order valence-corrected chi connectivity index (χ3v) is 3.53. The molecule has 3 heteroatoms. The normalized spacial score (nSPS) is 16.1. The van der Waals surface area contributed by atoms with Crippen LogP contribution in [0.5, 0.6) is 0 Å². The molecule has 1 aromatic carbocycles. The van der Waals surface area contributed by atoms with Crippen molar-refractivity contribution in [2.45, 2.75) is 32.6 Å². The fourth-order valence-electron chi connectivity index (χ4n) is 2.49. The van der Waals surface area contributed by atoms with E-state index in [9.17, 15) is 4.79 Å². The van der Waals surface area contributed by atoms with Gasteiger partial charge in [0.25, 0.3) is 0 Å². The summed E-state index contributed by atoms with van der Waals surface area (Å²) in [5.74, 6) is -0.0701. The van der Waals surface area contributed by atoms with E-state index in [4.69, 9.17) is 5.11 Å². The first-order valence-electron chi connectivity index (χ1n) is 6.24. The van der Waals surface area contributed by atoms with E-state index >= 15 is 0 Å². The Labute approximate surface area is 102 Å². The van der Waals surface area contributed by atoms with Gasteiger partial charge in [-0.3, -0.25) is 0 Å². The van der Waals surface area contributed by atoms with Crippen LogP contribution in [0.15, 0.2) is 18.2 Å². The molecule has 0 atom stereocenters. The van der Waals surface area contributed by atoms with Gasteiger partial charge in [-0.25, -0.2) is 4.79 Å². The van der Waals surface area contributed by atoms with E-state index in [2.05, 4.69) is 5.32 Å². The molecule has 1 aliphatic carbocycles. The number of hydrogen-bond donors (Lipinski definition) is 2. The van der Waals surface area contributed by atoms with Crippen molar-refractivity contribution in [3.05, 3.63) is 29.3 Å². The van der Waals surface area contributed by atoms with Gasteiger partial charge in [-0.1, -0.05) is 12.8 Å². The molecule has 0 aromatic heterocycles.